The summed E-state index contributed by atoms with van der Waals surface area (Å²) in [7, 11) is 2.95. The largest absolute Gasteiger partial charge is 0.497 e. The molecular formula is C32H34FN5O8S2. The molecule has 2 amide bonds. The molecule has 0 spiro atoms. The number of methoxy groups -OCH3 is 2. The second-order valence-corrected chi connectivity index (χ2v) is 12.3. The molecule has 16 heteroatoms. The average molecular weight is 700 g/mol. The molecule has 13 nitrogen and oxygen atoms in total. The van der Waals surface area contributed by atoms with Crippen LogP contribution < -0.4 is 20.1 Å². The van der Waals surface area contributed by atoms with Crippen molar-refractivity contribution in [2.75, 3.05) is 32.8 Å². The molecule has 0 aliphatic rings. The molecule has 4 aromatic rings. The fourth-order valence-electron chi connectivity index (χ4n) is 4.41. The van der Waals surface area contributed by atoms with Gasteiger partial charge in [0.15, 0.2) is 11.0 Å². The predicted molar refractivity (Wildman–Crippen MR) is 177 cm³/mol. The summed E-state index contributed by atoms with van der Waals surface area (Å²) in [6.45, 7) is 6.68. The van der Waals surface area contributed by atoms with Gasteiger partial charge in [0.2, 0.25) is 5.91 Å². The minimum Gasteiger partial charge on any atom is -0.497 e. The van der Waals surface area contributed by atoms with Crippen LogP contribution in [0.4, 0.5) is 9.39 Å². The Kier molecular flexibility index (Phi) is 12.1. The first-order chi connectivity index (χ1) is 23.0. The number of hydrogen-bond acceptors (Lipinski definition) is 12. The number of ether oxygens (including phenoxy) is 4. The Labute approximate surface area is 284 Å². The predicted octanol–water partition coefficient (Wildman–Crippen LogP) is 5.20. The van der Waals surface area contributed by atoms with E-state index in [1.54, 1.807) is 50.5 Å². The first-order valence-corrected chi connectivity index (χ1v) is 16.4. The van der Waals surface area contributed by atoms with E-state index in [4.69, 9.17) is 18.9 Å². The lowest BCUT2D eigenvalue weighted by atomic mass is 10.1. The van der Waals surface area contributed by atoms with Gasteiger partial charge in [-0.1, -0.05) is 11.8 Å². The van der Waals surface area contributed by atoms with Crippen molar-refractivity contribution in [3.63, 3.8) is 0 Å². The summed E-state index contributed by atoms with van der Waals surface area (Å²) in [6.07, 6.45) is 0. The van der Waals surface area contributed by atoms with E-state index in [-0.39, 0.29) is 45.9 Å². The Bertz CT molecular complexity index is 1790. The summed E-state index contributed by atoms with van der Waals surface area (Å²) in [5.74, 6) is -1.53. The third-order valence-electron chi connectivity index (χ3n) is 6.78. The Morgan fingerprint density at radius 1 is 0.958 bits per heavy atom. The molecule has 4 rings (SSSR count). The quantitative estimate of drug-likeness (QED) is 0.132. The topological polar surface area (TPSA) is 160 Å². The van der Waals surface area contributed by atoms with Gasteiger partial charge in [-0.05, 0) is 69.7 Å². The first-order valence-electron chi connectivity index (χ1n) is 14.7. The second kappa shape index (κ2) is 16.2. The Balaban J connectivity index is 1.59. The molecule has 254 valence electrons. The van der Waals surface area contributed by atoms with Gasteiger partial charge in [0.1, 0.15) is 27.2 Å². The number of halogens is 1. The van der Waals surface area contributed by atoms with Gasteiger partial charge in [-0.3, -0.25) is 14.2 Å². The number of rotatable bonds is 14. The lowest BCUT2D eigenvalue weighted by Crippen LogP contribution is -2.25. The van der Waals surface area contributed by atoms with E-state index in [0.717, 1.165) is 23.1 Å². The summed E-state index contributed by atoms with van der Waals surface area (Å²) >= 11 is 1.96. The Morgan fingerprint density at radius 3 is 2.19 bits per heavy atom. The summed E-state index contributed by atoms with van der Waals surface area (Å²) in [5, 5.41) is 13.7. The third-order valence-corrected chi connectivity index (χ3v) is 9.01. The maximum absolute atomic E-state index is 13.8. The van der Waals surface area contributed by atoms with E-state index in [9.17, 15) is 23.6 Å². The number of carbonyl (C=O) groups excluding carboxylic acids is 4. The standard InChI is InChI=1S/C32H34FN5O8S2/c1-7-45-30(41)25-17(3)26(31(42)46-8-2)48-29(25)35-27(39)18(4)47-32-37-36-24(38(32)21-11-9-20(33)10-12-21)16-34-28(40)19-13-22(43-5)15-23(14-19)44-6/h9-15,18H,7-8,16H2,1-6H3,(H,34,40)(H,35,39). The smallest absolute Gasteiger partial charge is 0.348 e. The van der Waals surface area contributed by atoms with Crippen molar-refractivity contribution >= 4 is 51.9 Å². The lowest BCUT2D eigenvalue weighted by molar-refractivity contribution is -0.115. The van der Waals surface area contributed by atoms with Crippen molar-refractivity contribution in [3.05, 3.63) is 75.7 Å². The first kappa shape index (κ1) is 35.9. The number of thioether (sulfide) groups is 1. The van der Waals surface area contributed by atoms with Crippen LogP contribution in [0.25, 0.3) is 5.69 Å². The number of carbonyl (C=O) groups is 4. The van der Waals surface area contributed by atoms with Crippen LogP contribution in [0.2, 0.25) is 0 Å². The zero-order valence-corrected chi connectivity index (χ0v) is 28.7. The lowest BCUT2D eigenvalue weighted by Gasteiger charge is -2.14. The molecule has 0 saturated heterocycles. The molecular weight excluding hydrogens is 666 g/mol. The normalized spacial score (nSPS) is 11.4. The molecule has 2 aromatic carbocycles. The summed E-state index contributed by atoms with van der Waals surface area (Å²) in [6, 6.07) is 10.3. The summed E-state index contributed by atoms with van der Waals surface area (Å²) < 4.78 is 36.2. The van der Waals surface area contributed by atoms with Crippen molar-refractivity contribution in [2.45, 2.75) is 44.6 Å². The van der Waals surface area contributed by atoms with Crippen LogP contribution in [-0.2, 0) is 20.8 Å². The van der Waals surface area contributed by atoms with Crippen molar-refractivity contribution in [3.8, 4) is 17.2 Å². The molecule has 0 radical (unpaired) electrons. The van der Waals surface area contributed by atoms with Crippen LogP contribution in [0, 0.1) is 12.7 Å². The third kappa shape index (κ3) is 8.30. The van der Waals surface area contributed by atoms with Gasteiger partial charge in [-0.25, -0.2) is 14.0 Å². The SMILES string of the molecule is CCOC(=O)c1sc(NC(=O)C(C)Sc2nnc(CNC(=O)c3cc(OC)cc(OC)c3)n2-c2ccc(F)cc2)c(C(=O)OCC)c1C. The molecule has 2 aromatic heterocycles. The number of thiophene rings is 1. The van der Waals surface area contributed by atoms with Crippen molar-refractivity contribution < 1.29 is 42.5 Å². The highest BCUT2D eigenvalue weighted by molar-refractivity contribution is 8.00. The van der Waals surface area contributed by atoms with Crippen molar-refractivity contribution in [1.29, 1.82) is 0 Å². The van der Waals surface area contributed by atoms with Gasteiger partial charge < -0.3 is 29.6 Å². The number of nitrogens with zero attached hydrogens (tertiary/aromatic N) is 3. The highest BCUT2D eigenvalue weighted by Crippen LogP contribution is 2.35. The molecule has 1 atom stereocenters. The van der Waals surface area contributed by atoms with Crippen LogP contribution in [-0.4, -0.2) is 71.2 Å². The number of hydrogen-bond donors (Lipinski definition) is 2. The minimum absolute atomic E-state index is 0.0663. The molecule has 1 unspecified atom stereocenters. The second-order valence-electron chi connectivity index (χ2n) is 9.95. The zero-order valence-electron chi connectivity index (χ0n) is 27.0. The number of aromatic nitrogens is 3. The minimum atomic E-state index is -0.802. The number of anilines is 1. The van der Waals surface area contributed by atoms with Gasteiger partial charge in [-0.2, -0.15) is 0 Å². The summed E-state index contributed by atoms with van der Waals surface area (Å²) in [5.41, 5.74) is 1.18. The van der Waals surface area contributed by atoms with Crippen molar-refractivity contribution in [1.82, 2.24) is 20.1 Å². The number of esters is 2. The highest BCUT2D eigenvalue weighted by atomic mass is 32.2. The molecule has 0 fully saturated rings. The molecule has 2 N–H and O–H groups in total. The Morgan fingerprint density at radius 2 is 1.58 bits per heavy atom. The fourth-order valence-corrected chi connectivity index (χ4v) is 6.39. The van der Waals surface area contributed by atoms with E-state index >= 15 is 0 Å². The Hall–Kier alpha value is -4.96. The van der Waals surface area contributed by atoms with Crippen LogP contribution in [0.1, 0.15) is 62.5 Å². The van der Waals surface area contributed by atoms with Gasteiger partial charge in [-0.15, -0.1) is 21.5 Å². The highest BCUT2D eigenvalue weighted by Gasteiger charge is 2.29. The molecule has 48 heavy (non-hydrogen) atoms. The fraction of sp³-hybridized carbons (Fsp3) is 0.312. The van der Waals surface area contributed by atoms with E-state index in [1.807, 2.05) is 0 Å². The molecule has 0 bridgehead atoms. The molecule has 2 heterocycles. The molecule has 0 aliphatic heterocycles. The van der Waals surface area contributed by atoms with Crippen molar-refractivity contribution in [2.24, 2.45) is 0 Å². The van der Waals surface area contributed by atoms with Gasteiger partial charge in [0.25, 0.3) is 5.91 Å². The number of nitrogens with one attached hydrogen (secondary N) is 2. The zero-order chi connectivity index (χ0) is 35.0. The average Bonchev–Trinajstić information content (AvgIpc) is 3.63. The van der Waals surface area contributed by atoms with E-state index in [1.165, 1.54) is 38.5 Å². The van der Waals surface area contributed by atoms with Gasteiger partial charge >= 0.3 is 11.9 Å². The molecule has 0 aliphatic carbocycles. The molecule has 0 saturated carbocycles. The monoisotopic (exact) mass is 699 g/mol. The van der Waals surface area contributed by atoms with Crippen LogP contribution in [0.15, 0.2) is 47.6 Å². The van der Waals surface area contributed by atoms with Gasteiger partial charge in [0.05, 0.1) is 44.8 Å². The maximum Gasteiger partial charge on any atom is 0.348 e. The van der Waals surface area contributed by atoms with E-state index in [0.29, 0.717) is 28.6 Å². The van der Waals surface area contributed by atoms with Crippen LogP contribution in [0.3, 0.4) is 0 Å². The van der Waals surface area contributed by atoms with Crippen LogP contribution >= 0.6 is 23.1 Å². The van der Waals surface area contributed by atoms with Gasteiger partial charge in [0, 0.05) is 17.3 Å². The number of benzene rings is 2. The summed E-state index contributed by atoms with van der Waals surface area (Å²) in [4.78, 5) is 52.0. The van der Waals surface area contributed by atoms with E-state index < -0.39 is 34.8 Å². The number of amides is 2. The maximum atomic E-state index is 13.8. The van der Waals surface area contributed by atoms with Crippen LogP contribution in [0.5, 0.6) is 11.5 Å². The van der Waals surface area contributed by atoms with E-state index in [2.05, 4.69) is 20.8 Å².